The van der Waals surface area contributed by atoms with Crippen molar-refractivity contribution < 1.29 is 18.8 Å². The molecule has 3 rings (SSSR count). The van der Waals surface area contributed by atoms with Crippen LogP contribution in [0.5, 0.6) is 0 Å². The Morgan fingerprint density at radius 3 is 3.12 bits per heavy atom. The van der Waals surface area contributed by atoms with E-state index in [9.17, 15) is 4.79 Å². The summed E-state index contributed by atoms with van der Waals surface area (Å²) in [5.74, 6) is 0.778. The van der Waals surface area contributed by atoms with Gasteiger partial charge in [0.2, 0.25) is 0 Å². The van der Waals surface area contributed by atoms with Gasteiger partial charge in [0.1, 0.15) is 0 Å². The maximum absolute atomic E-state index is 12.4. The van der Waals surface area contributed by atoms with Crippen LogP contribution in [0.3, 0.4) is 0 Å². The molecule has 24 heavy (non-hydrogen) atoms. The molecule has 7 nitrogen and oxygen atoms in total. The van der Waals surface area contributed by atoms with Crippen molar-refractivity contribution in [2.75, 3.05) is 32.9 Å². The first kappa shape index (κ1) is 17.2. The van der Waals surface area contributed by atoms with Gasteiger partial charge in [-0.1, -0.05) is 5.16 Å². The molecule has 2 fully saturated rings. The highest BCUT2D eigenvalue weighted by Crippen LogP contribution is 2.32. The van der Waals surface area contributed by atoms with Crippen molar-refractivity contribution in [1.29, 1.82) is 0 Å². The van der Waals surface area contributed by atoms with Gasteiger partial charge < -0.3 is 24.2 Å². The number of aromatic nitrogens is 1. The van der Waals surface area contributed by atoms with Crippen LogP contribution in [0.2, 0.25) is 0 Å². The van der Waals surface area contributed by atoms with E-state index in [1.165, 1.54) is 0 Å². The number of amides is 2. The Balaban J connectivity index is 1.33. The van der Waals surface area contributed by atoms with Crippen molar-refractivity contribution in [2.24, 2.45) is 0 Å². The van der Waals surface area contributed by atoms with Gasteiger partial charge in [0.15, 0.2) is 5.76 Å². The van der Waals surface area contributed by atoms with Gasteiger partial charge in [-0.25, -0.2) is 4.79 Å². The Morgan fingerprint density at radius 1 is 1.46 bits per heavy atom. The first-order valence-corrected chi connectivity index (χ1v) is 8.91. The minimum Gasteiger partial charge on any atom is -0.379 e. The second kappa shape index (κ2) is 8.48. The van der Waals surface area contributed by atoms with Crippen LogP contribution in [0.25, 0.3) is 0 Å². The molecule has 134 valence electrons. The van der Waals surface area contributed by atoms with Gasteiger partial charge in [-0.05, 0) is 39.0 Å². The SMILES string of the molecule is Cc1cc([C@@H]2CCCN2C(=O)NCCCOC[C@H]2CCCO2)on1. The molecule has 2 aliphatic rings. The fourth-order valence-corrected chi connectivity index (χ4v) is 3.31. The second-order valence-electron chi connectivity index (χ2n) is 6.52. The maximum atomic E-state index is 12.4. The highest BCUT2D eigenvalue weighted by atomic mass is 16.5. The summed E-state index contributed by atoms with van der Waals surface area (Å²) in [6.07, 6.45) is 5.20. The quantitative estimate of drug-likeness (QED) is 0.773. The van der Waals surface area contributed by atoms with Crippen LogP contribution in [-0.2, 0) is 9.47 Å². The maximum Gasteiger partial charge on any atom is 0.318 e. The summed E-state index contributed by atoms with van der Waals surface area (Å²) in [6.45, 7) is 5.42. The highest BCUT2D eigenvalue weighted by Gasteiger charge is 2.32. The molecule has 1 aromatic heterocycles. The zero-order valence-corrected chi connectivity index (χ0v) is 14.3. The molecule has 1 N–H and O–H groups in total. The number of ether oxygens (including phenoxy) is 2. The molecule has 0 aromatic carbocycles. The van der Waals surface area contributed by atoms with E-state index >= 15 is 0 Å². The van der Waals surface area contributed by atoms with E-state index in [4.69, 9.17) is 14.0 Å². The summed E-state index contributed by atoms with van der Waals surface area (Å²) >= 11 is 0. The number of nitrogens with zero attached hydrogens (tertiary/aromatic N) is 2. The third-order valence-corrected chi connectivity index (χ3v) is 4.56. The van der Waals surface area contributed by atoms with E-state index in [1.54, 1.807) is 0 Å². The van der Waals surface area contributed by atoms with Gasteiger partial charge in [-0.3, -0.25) is 0 Å². The van der Waals surface area contributed by atoms with Crippen LogP contribution in [0.15, 0.2) is 10.6 Å². The molecule has 3 heterocycles. The van der Waals surface area contributed by atoms with Gasteiger partial charge in [0.05, 0.1) is 24.4 Å². The van der Waals surface area contributed by atoms with Crippen LogP contribution >= 0.6 is 0 Å². The predicted molar refractivity (Wildman–Crippen MR) is 87.7 cm³/mol. The van der Waals surface area contributed by atoms with Gasteiger partial charge in [-0.15, -0.1) is 0 Å². The molecule has 2 amide bonds. The van der Waals surface area contributed by atoms with Gasteiger partial charge in [-0.2, -0.15) is 0 Å². The van der Waals surface area contributed by atoms with Crippen molar-refractivity contribution in [3.05, 3.63) is 17.5 Å². The van der Waals surface area contributed by atoms with Gasteiger partial charge in [0, 0.05) is 32.4 Å². The summed E-state index contributed by atoms with van der Waals surface area (Å²) in [5.41, 5.74) is 0.848. The number of urea groups is 1. The van der Waals surface area contributed by atoms with Crippen molar-refractivity contribution in [1.82, 2.24) is 15.4 Å². The summed E-state index contributed by atoms with van der Waals surface area (Å²) in [6, 6.07) is 1.88. The lowest BCUT2D eigenvalue weighted by molar-refractivity contribution is 0.0167. The molecule has 2 saturated heterocycles. The Kier molecular flexibility index (Phi) is 6.09. The standard InChI is InChI=1S/C17H27N3O4/c1-13-11-16(24-19-13)15-6-2-8-20(15)17(21)18-7-4-9-22-12-14-5-3-10-23-14/h11,14-15H,2-10,12H2,1H3,(H,18,21)/t14-,15+/m1/s1. The average molecular weight is 337 g/mol. The minimum atomic E-state index is -0.0364. The number of hydrogen-bond acceptors (Lipinski definition) is 5. The van der Waals surface area contributed by atoms with E-state index in [0.717, 1.165) is 56.7 Å². The highest BCUT2D eigenvalue weighted by molar-refractivity contribution is 5.74. The van der Waals surface area contributed by atoms with Crippen molar-refractivity contribution in [3.8, 4) is 0 Å². The Labute approximate surface area is 142 Å². The van der Waals surface area contributed by atoms with Crippen LogP contribution in [-0.4, -0.2) is 55.1 Å². The fourth-order valence-electron chi connectivity index (χ4n) is 3.31. The monoisotopic (exact) mass is 337 g/mol. The molecule has 1 aromatic rings. The molecule has 2 aliphatic heterocycles. The third kappa shape index (κ3) is 4.48. The molecule has 2 atom stereocenters. The lowest BCUT2D eigenvalue weighted by Crippen LogP contribution is -2.40. The number of hydrogen-bond donors (Lipinski definition) is 1. The molecular formula is C17H27N3O4. The van der Waals surface area contributed by atoms with Crippen LogP contribution in [0.1, 0.15) is 49.6 Å². The summed E-state index contributed by atoms with van der Waals surface area (Å²) in [5, 5.41) is 6.90. The molecule has 7 heteroatoms. The number of rotatable bonds is 7. The first-order chi connectivity index (χ1) is 11.7. The first-order valence-electron chi connectivity index (χ1n) is 8.91. The number of carbonyl (C=O) groups is 1. The number of likely N-dealkylation sites (tertiary alicyclic amines) is 1. The minimum absolute atomic E-state index is 0.00182. The summed E-state index contributed by atoms with van der Waals surface area (Å²) in [4.78, 5) is 14.2. The number of nitrogens with one attached hydrogen (secondary N) is 1. The van der Waals surface area contributed by atoms with Crippen LogP contribution < -0.4 is 5.32 Å². The predicted octanol–water partition coefficient (Wildman–Crippen LogP) is 2.42. The Hall–Kier alpha value is -1.60. The van der Waals surface area contributed by atoms with Crippen LogP contribution in [0, 0.1) is 6.92 Å². The van der Waals surface area contributed by atoms with Crippen molar-refractivity contribution >= 4 is 6.03 Å². The summed E-state index contributed by atoms with van der Waals surface area (Å²) in [7, 11) is 0. The fraction of sp³-hybridized carbons (Fsp3) is 0.765. The zero-order valence-electron chi connectivity index (χ0n) is 14.3. The normalized spacial score (nSPS) is 23.8. The van der Waals surface area contributed by atoms with Crippen molar-refractivity contribution in [2.45, 2.75) is 51.2 Å². The molecule has 0 aliphatic carbocycles. The van der Waals surface area contributed by atoms with E-state index in [2.05, 4.69) is 10.5 Å². The molecular weight excluding hydrogens is 310 g/mol. The molecule has 0 saturated carbocycles. The van der Waals surface area contributed by atoms with E-state index in [0.29, 0.717) is 19.8 Å². The van der Waals surface area contributed by atoms with Gasteiger partial charge >= 0.3 is 6.03 Å². The smallest absolute Gasteiger partial charge is 0.318 e. The molecule has 0 unspecified atom stereocenters. The number of carbonyl (C=O) groups excluding carboxylic acids is 1. The lowest BCUT2D eigenvalue weighted by atomic mass is 10.1. The van der Waals surface area contributed by atoms with Crippen LogP contribution in [0.4, 0.5) is 4.79 Å². The van der Waals surface area contributed by atoms with Crippen molar-refractivity contribution in [3.63, 3.8) is 0 Å². The van der Waals surface area contributed by atoms with E-state index in [1.807, 2.05) is 17.9 Å². The topological polar surface area (TPSA) is 76.8 Å². The molecule has 0 bridgehead atoms. The van der Waals surface area contributed by atoms with Gasteiger partial charge in [0.25, 0.3) is 0 Å². The number of aryl methyl sites for hydroxylation is 1. The largest absolute Gasteiger partial charge is 0.379 e. The third-order valence-electron chi connectivity index (χ3n) is 4.56. The van der Waals surface area contributed by atoms with E-state index in [-0.39, 0.29) is 18.2 Å². The lowest BCUT2D eigenvalue weighted by Gasteiger charge is -2.23. The average Bonchev–Trinajstić information content (AvgIpc) is 3.30. The summed E-state index contributed by atoms with van der Waals surface area (Å²) < 4.78 is 16.4. The Bertz CT molecular complexity index is 528. The van der Waals surface area contributed by atoms with E-state index < -0.39 is 0 Å². The molecule has 0 radical (unpaired) electrons. The Morgan fingerprint density at radius 2 is 2.38 bits per heavy atom. The molecule has 0 spiro atoms. The zero-order chi connectivity index (χ0) is 16.8. The second-order valence-corrected chi connectivity index (χ2v) is 6.52.